The molecule has 220 valence electrons. The standard InChI is InChI=1S/C27H27Si.2C6H6O.ClH.Ti/c1-20-21(2)23(4)27(22(20)3)28(24-14-8-5-9-15-24,25-16-10-6-11-17-25)26-18-12-7-13-19-26;2*7-6-4-2-1-3-5-6;;/h5-19H,1-4H3;2*1-5,7H;1H;/q-1;;;;+4/p-3. The number of hydrogen-bond acceptors (Lipinski definition) is 2. The van der Waals surface area contributed by atoms with Gasteiger partial charge in [-0.3, -0.25) is 0 Å². The van der Waals surface area contributed by atoms with E-state index < -0.39 is 8.07 Å². The molecule has 0 fully saturated rings. The molecule has 0 aliphatic carbocycles. The Morgan fingerprint density at radius 2 is 0.750 bits per heavy atom. The minimum atomic E-state index is -2.40. The fraction of sp³-hybridized carbons (Fsp3) is 0.103. The van der Waals surface area contributed by atoms with Crippen LogP contribution >= 0.6 is 9.30 Å². The van der Waals surface area contributed by atoms with Crippen molar-refractivity contribution in [1.29, 1.82) is 0 Å². The molecule has 0 heterocycles. The Balaban J connectivity index is 0.000000269. The first-order valence-corrected chi connectivity index (χ1v) is 18.5. The summed E-state index contributed by atoms with van der Waals surface area (Å²) in [5.74, 6) is 0.144. The Morgan fingerprint density at radius 1 is 0.477 bits per heavy atom. The third-order valence-electron chi connectivity index (χ3n) is 7.92. The zero-order valence-corrected chi connectivity index (χ0v) is 28.9. The van der Waals surface area contributed by atoms with Gasteiger partial charge in [0.1, 0.15) is 0 Å². The van der Waals surface area contributed by atoms with E-state index in [9.17, 15) is 10.2 Å². The normalized spacial score (nSPS) is 10.2. The van der Waals surface area contributed by atoms with E-state index in [4.69, 9.17) is 0 Å². The smallest absolute Gasteiger partial charge is 0.0623 e. The monoisotopic (exact) mass is 648 g/mol. The van der Waals surface area contributed by atoms with Crippen LogP contribution in [0.3, 0.4) is 0 Å². The molecule has 44 heavy (non-hydrogen) atoms. The molecule has 0 unspecified atom stereocenters. The summed E-state index contributed by atoms with van der Waals surface area (Å²) in [7, 11) is 2.24. The quantitative estimate of drug-likeness (QED) is 0.129. The van der Waals surface area contributed by atoms with Gasteiger partial charge in [0.05, 0.1) is 0 Å². The van der Waals surface area contributed by atoms with Crippen LogP contribution < -0.4 is 31.0 Å². The van der Waals surface area contributed by atoms with Crippen molar-refractivity contribution in [2.75, 3.05) is 0 Å². The van der Waals surface area contributed by atoms with E-state index in [-0.39, 0.29) is 11.5 Å². The maximum absolute atomic E-state index is 10.3. The van der Waals surface area contributed by atoms with Crippen molar-refractivity contribution < 1.29 is 29.6 Å². The Bertz CT molecular complexity index is 1500. The maximum Gasteiger partial charge on any atom is -0.0623 e. The number of benzene rings is 5. The van der Waals surface area contributed by atoms with E-state index in [0.29, 0.717) is 0 Å². The molecule has 0 bridgehead atoms. The van der Waals surface area contributed by atoms with Crippen LogP contribution in [0.1, 0.15) is 22.3 Å². The second-order valence-electron chi connectivity index (χ2n) is 10.3. The number of para-hydroxylation sites is 2. The van der Waals surface area contributed by atoms with Crippen molar-refractivity contribution >= 4 is 38.1 Å². The van der Waals surface area contributed by atoms with Gasteiger partial charge in [-0.25, -0.2) is 0 Å². The average Bonchev–Trinajstić information content (AvgIpc) is 3.27. The summed E-state index contributed by atoms with van der Waals surface area (Å²) in [5.41, 5.74) is 5.79. The topological polar surface area (TPSA) is 46.1 Å². The van der Waals surface area contributed by atoms with Gasteiger partial charge >= 0.3 is 28.7 Å². The van der Waals surface area contributed by atoms with Crippen LogP contribution in [0.4, 0.5) is 0 Å². The molecular weight excluding hydrogens is 612 g/mol. The minimum absolute atomic E-state index is 0.0718. The van der Waals surface area contributed by atoms with Gasteiger partial charge in [-0.05, 0) is 15.6 Å². The Labute approximate surface area is 279 Å². The number of rotatable bonds is 4. The van der Waals surface area contributed by atoms with Gasteiger partial charge in [0.15, 0.2) is 8.07 Å². The van der Waals surface area contributed by atoms with Crippen molar-refractivity contribution in [3.63, 3.8) is 0 Å². The summed E-state index contributed by atoms with van der Waals surface area (Å²) in [6.07, 6.45) is 0. The van der Waals surface area contributed by atoms with E-state index in [0.717, 1.165) is 0 Å². The third kappa shape index (κ3) is 8.25. The summed E-state index contributed by atoms with van der Waals surface area (Å²) < 4.78 is 0. The predicted octanol–water partition coefficient (Wildman–Crippen LogP) is 6.22. The molecule has 6 rings (SSSR count). The SMILES string of the molecule is Cc1c(C)c([Si](c2ccccc2)(c2ccccc2)c2ccccc2)[c-](C)c1C.[Cl][Ti+3].[O-]c1ccccc1.[O-]c1ccccc1. The first kappa shape index (κ1) is 34.8. The van der Waals surface area contributed by atoms with Crippen molar-refractivity contribution in [2.45, 2.75) is 27.7 Å². The van der Waals surface area contributed by atoms with Gasteiger partial charge in [0, 0.05) is 0 Å². The van der Waals surface area contributed by atoms with Crippen LogP contribution in [0.2, 0.25) is 0 Å². The fourth-order valence-electron chi connectivity index (χ4n) is 5.62. The number of halogens is 1. The molecule has 0 radical (unpaired) electrons. The average molecular weight is 649 g/mol. The van der Waals surface area contributed by atoms with E-state index >= 15 is 0 Å². The van der Waals surface area contributed by atoms with E-state index in [2.05, 4.69) is 128 Å². The van der Waals surface area contributed by atoms with Gasteiger partial charge in [-0.15, -0.1) is 11.5 Å². The Kier molecular flexibility index (Phi) is 13.9. The van der Waals surface area contributed by atoms with Crippen molar-refractivity contribution in [2.24, 2.45) is 0 Å². The first-order chi connectivity index (χ1) is 21.4. The molecule has 5 heteroatoms. The molecule has 0 amide bonds. The van der Waals surface area contributed by atoms with Crippen LogP contribution in [-0.4, -0.2) is 8.07 Å². The molecule has 0 saturated heterocycles. The van der Waals surface area contributed by atoms with E-state index in [1.165, 1.54) is 81.5 Å². The molecule has 6 aromatic carbocycles. The molecule has 2 nitrogen and oxygen atoms in total. The van der Waals surface area contributed by atoms with Gasteiger partial charge < -0.3 is 10.2 Å². The summed E-state index contributed by atoms with van der Waals surface area (Å²) in [5, 5.41) is 26.4. The van der Waals surface area contributed by atoms with Crippen molar-refractivity contribution in [3.05, 3.63) is 174 Å². The molecule has 6 aromatic rings. The van der Waals surface area contributed by atoms with Gasteiger partial charge in [0.25, 0.3) is 0 Å². The second-order valence-corrected chi connectivity index (χ2v) is 14.1. The van der Waals surface area contributed by atoms with Gasteiger partial charge in [-0.2, -0.15) is 27.4 Å². The minimum Gasteiger partial charge on any atom is -0.872 e. The van der Waals surface area contributed by atoms with E-state index in [1.807, 2.05) is 12.1 Å². The largest absolute Gasteiger partial charge is 0.872 e. The summed E-state index contributed by atoms with van der Waals surface area (Å²) in [6.45, 7) is 9.20. The van der Waals surface area contributed by atoms with E-state index in [1.54, 1.807) is 29.5 Å². The summed E-state index contributed by atoms with van der Waals surface area (Å²) in [6, 6.07) is 50.2. The van der Waals surface area contributed by atoms with Crippen LogP contribution in [-0.2, 0) is 19.4 Å². The van der Waals surface area contributed by atoms with Gasteiger partial charge in [0.2, 0.25) is 0 Å². The third-order valence-corrected chi connectivity index (χ3v) is 13.0. The molecule has 0 aromatic heterocycles. The van der Waals surface area contributed by atoms with Crippen molar-refractivity contribution in [1.82, 2.24) is 0 Å². The maximum atomic E-state index is 10.3. The molecule has 0 aliphatic rings. The van der Waals surface area contributed by atoms with Crippen LogP contribution in [0, 0.1) is 27.7 Å². The summed E-state index contributed by atoms with van der Waals surface area (Å²) in [4.78, 5) is 0. The molecule has 0 aliphatic heterocycles. The Morgan fingerprint density at radius 3 is 0.955 bits per heavy atom. The first-order valence-electron chi connectivity index (χ1n) is 14.4. The molecular formula is C39H37ClO2SiTi. The molecule has 0 spiro atoms. The number of hydrogen-bond donors (Lipinski definition) is 0. The van der Waals surface area contributed by atoms with Crippen LogP contribution in [0.5, 0.6) is 11.5 Å². The molecule has 0 saturated carbocycles. The Hall–Kier alpha value is -3.73. The fourth-order valence-corrected chi connectivity index (χ4v) is 11.1. The van der Waals surface area contributed by atoms with Crippen LogP contribution in [0.25, 0.3) is 0 Å². The van der Waals surface area contributed by atoms with Gasteiger partial charge in [-0.1, -0.05) is 179 Å². The predicted molar refractivity (Wildman–Crippen MR) is 182 cm³/mol. The second kappa shape index (κ2) is 17.5. The zero-order valence-electron chi connectivity index (χ0n) is 25.6. The van der Waals surface area contributed by atoms with Crippen LogP contribution in [0.15, 0.2) is 152 Å². The zero-order chi connectivity index (χ0) is 32.0. The molecule has 0 atom stereocenters. The van der Waals surface area contributed by atoms with Crippen molar-refractivity contribution in [3.8, 4) is 11.5 Å². The summed E-state index contributed by atoms with van der Waals surface area (Å²) >= 11 is 1.47. The molecule has 0 N–H and O–H groups in total.